The number of hydrogen-bond acceptors (Lipinski definition) is 3. The van der Waals surface area contributed by atoms with E-state index in [4.69, 9.17) is 16.3 Å². The molecule has 1 heterocycles. The maximum absolute atomic E-state index is 12.7. The minimum Gasteiger partial charge on any atom is -0.496 e. The number of para-hydroxylation sites is 1. The molecule has 0 aliphatic heterocycles. The molecule has 0 unspecified atom stereocenters. The van der Waals surface area contributed by atoms with Crippen molar-refractivity contribution in [2.24, 2.45) is 0 Å². The second kappa shape index (κ2) is 7.62. The molecule has 3 aromatic rings. The number of aromatic nitrogens is 2. The maximum atomic E-state index is 12.7. The van der Waals surface area contributed by atoms with Crippen LogP contribution in [0.5, 0.6) is 5.75 Å². The van der Waals surface area contributed by atoms with Crippen molar-refractivity contribution in [3.63, 3.8) is 0 Å². The topological polar surface area (TPSA) is 56.1 Å². The normalized spacial score (nSPS) is 10.6. The van der Waals surface area contributed by atoms with Gasteiger partial charge in [-0.1, -0.05) is 35.9 Å². The lowest BCUT2D eigenvalue weighted by Crippen LogP contribution is -2.14. The number of nitrogens with zero attached hydrogens (tertiary/aromatic N) is 2. The molecule has 0 saturated carbocycles. The summed E-state index contributed by atoms with van der Waals surface area (Å²) >= 11 is 5.94. The molecular weight excluding hydrogens is 350 g/mol. The minimum atomic E-state index is -0.223. The van der Waals surface area contributed by atoms with Crippen molar-refractivity contribution in [1.82, 2.24) is 9.78 Å². The maximum Gasteiger partial charge on any atom is 0.259 e. The van der Waals surface area contributed by atoms with Gasteiger partial charge in [0.2, 0.25) is 0 Å². The summed E-state index contributed by atoms with van der Waals surface area (Å²) in [6.07, 6.45) is 0. The summed E-state index contributed by atoms with van der Waals surface area (Å²) in [5.74, 6) is 0.313. The van der Waals surface area contributed by atoms with Gasteiger partial charge in [-0.2, -0.15) is 5.10 Å². The van der Waals surface area contributed by atoms with Crippen LogP contribution in [0, 0.1) is 13.8 Å². The first-order chi connectivity index (χ1) is 12.5. The number of ether oxygens (including phenoxy) is 1. The molecule has 1 aromatic heterocycles. The summed E-state index contributed by atoms with van der Waals surface area (Å²) in [6, 6.07) is 14.8. The molecule has 2 aromatic carbocycles. The highest BCUT2D eigenvalue weighted by Crippen LogP contribution is 2.24. The number of benzene rings is 2. The first kappa shape index (κ1) is 18.0. The van der Waals surface area contributed by atoms with E-state index in [9.17, 15) is 4.79 Å². The van der Waals surface area contributed by atoms with Gasteiger partial charge in [0.15, 0.2) is 0 Å². The molecule has 5 nitrogen and oxygen atoms in total. The lowest BCUT2D eigenvalue weighted by molar-refractivity contribution is 0.102. The highest BCUT2D eigenvalue weighted by atomic mass is 35.5. The average molecular weight is 370 g/mol. The van der Waals surface area contributed by atoms with Gasteiger partial charge < -0.3 is 10.1 Å². The largest absolute Gasteiger partial charge is 0.496 e. The molecule has 0 bridgehead atoms. The molecule has 0 saturated heterocycles. The van der Waals surface area contributed by atoms with Gasteiger partial charge in [0.25, 0.3) is 5.91 Å². The van der Waals surface area contributed by atoms with Gasteiger partial charge in [0, 0.05) is 5.02 Å². The van der Waals surface area contributed by atoms with E-state index in [1.54, 1.807) is 25.3 Å². The van der Waals surface area contributed by atoms with Crippen molar-refractivity contribution < 1.29 is 9.53 Å². The Morgan fingerprint density at radius 2 is 1.85 bits per heavy atom. The monoisotopic (exact) mass is 369 g/mol. The SMILES string of the molecule is COc1ccccc1C(=O)Nc1c(C)nn(Cc2ccc(Cl)cc2)c1C. The molecule has 26 heavy (non-hydrogen) atoms. The smallest absolute Gasteiger partial charge is 0.259 e. The molecule has 0 spiro atoms. The Bertz CT molecular complexity index is 933. The summed E-state index contributed by atoms with van der Waals surface area (Å²) in [6.45, 7) is 4.42. The molecular formula is C20H20ClN3O2. The van der Waals surface area contributed by atoms with Crippen molar-refractivity contribution >= 4 is 23.2 Å². The van der Waals surface area contributed by atoms with Crippen LogP contribution in [0.25, 0.3) is 0 Å². The summed E-state index contributed by atoms with van der Waals surface area (Å²) in [7, 11) is 1.55. The average Bonchev–Trinajstić information content (AvgIpc) is 2.91. The fourth-order valence-corrected chi connectivity index (χ4v) is 2.93. The third kappa shape index (κ3) is 3.73. The fourth-order valence-electron chi connectivity index (χ4n) is 2.81. The molecule has 0 fully saturated rings. The standard InChI is InChI=1S/C20H20ClN3O2/c1-13-19(22-20(25)17-6-4-5-7-18(17)26-3)14(2)24(23-13)12-15-8-10-16(21)11-9-15/h4-11H,12H2,1-3H3,(H,22,25). The van der Waals surface area contributed by atoms with Crippen molar-refractivity contribution in [1.29, 1.82) is 0 Å². The molecule has 0 aliphatic carbocycles. The van der Waals surface area contributed by atoms with Crippen molar-refractivity contribution in [2.45, 2.75) is 20.4 Å². The molecule has 0 atom stereocenters. The second-order valence-corrected chi connectivity index (χ2v) is 6.42. The predicted molar refractivity (Wildman–Crippen MR) is 103 cm³/mol. The number of halogens is 1. The third-order valence-corrected chi connectivity index (χ3v) is 4.47. The highest BCUT2D eigenvalue weighted by molar-refractivity contribution is 6.30. The lowest BCUT2D eigenvalue weighted by atomic mass is 10.1. The van der Waals surface area contributed by atoms with Crippen LogP contribution in [-0.4, -0.2) is 22.8 Å². The zero-order valence-electron chi connectivity index (χ0n) is 14.9. The van der Waals surface area contributed by atoms with Crippen LogP contribution in [0.2, 0.25) is 5.02 Å². The van der Waals surface area contributed by atoms with E-state index >= 15 is 0 Å². The number of amides is 1. The van der Waals surface area contributed by atoms with Crippen LogP contribution in [0.1, 0.15) is 27.3 Å². The number of aryl methyl sites for hydroxylation is 1. The van der Waals surface area contributed by atoms with Crippen LogP contribution in [0.4, 0.5) is 5.69 Å². The van der Waals surface area contributed by atoms with Crippen molar-refractivity contribution in [2.75, 3.05) is 12.4 Å². The van der Waals surface area contributed by atoms with E-state index < -0.39 is 0 Å². The summed E-state index contributed by atoms with van der Waals surface area (Å²) in [5, 5.41) is 8.22. The number of rotatable bonds is 5. The Morgan fingerprint density at radius 1 is 1.15 bits per heavy atom. The van der Waals surface area contributed by atoms with Crippen LogP contribution < -0.4 is 10.1 Å². The molecule has 0 aliphatic rings. The Morgan fingerprint density at radius 3 is 2.54 bits per heavy atom. The van der Waals surface area contributed by atoms with Crippen LogP contribution in [0.15, 0.2) is 48.5 Å². The molecule has 3 rings (SSSR count). The molecule has 134 valence electrons. The Hall–Kier alpha value is -2.79. The quantitative estimate of drug-likeness (QED) is 0.722. The number of anilines is 1. The van der Waals surface area contributed by atoms with Crippen LogP contribution >= 0.6 is 11.6 Å². The summed E-state index contributed by atoms with van der Waals surface area (Å²) in [4.78, 5) is 12.7. The van der Waals surface area contributed by atoms with Gasteiger partial charge in [0.05, 0.1) is 36.3 Å². The summed E-state index contributed by atoms with van der Waals surface area (Å²) < 4.78 is 7.14. The van der Waals surface area contributed by atoms with Gasteiger partial charge >= 0.3 is 0 Å². The predicted octanol–water partition coefficient (Wildman–Crippen LogP) is 4.46. The highest BCUT2D eigenvalue weighted by Gasteiger charge is 2.17. The zero-order chi connectivity index (χ0) is 18.7. The van der Waals surface area contributed by atoms with Gasteiger partial charge in [-0.25, -0.2) is 0 Å². The van der Waals surface area contributed by atoms with Crippen LogP contribution in [0.3, 0.4) is 0 Å². The van der Waals surface area contributed by atoms with E-state index in [1.807, 2.05) is 48.9 Å². The number of nitrogens with one attached hydrogen (secondary N) is 1. The first-order valence-corrected chi connectivity index (χ1v) is 8.60. The van der Waals surface area contributed by atoms with Crippen molar-refractivity contribution in [3.05, 3.63) is 76.1 Å². The number of hydrogen-bond donors (Lipinski definition) is 1. The van der Waals surface area contributed by atoms with Gasteiger partial charge in [-0.05, 0) is 43.7 Å². The summed E-state index contributed by atoms with van der Waals surface area (Å²) in [5.41, 5.74) is 3.94. The third-order valence-electron chi connectivity index (χ3n) is 4.22. The van der Waals surface area contributed by atoms with Crippen LogP contribution in [-0.2, 0) is 6.54 Å². The number of carbonyl (C=O) groups is 1. The lowest BCUT2D eigenvalue weighted by Gasteiger charge is -2.10. The van der Waals surface area contributed by atoms with E-state index in [0.29, 0.717) is 22.9 Å². The van der Waals surface area contributed by atoms with Gasteiger partial charge in [-0.15, -0.1) is 0 Å². The first-order valence-electron chi connectivity index (χ1n) is 8.22. The van der Waals surface area contributed by atoms with Gasteiger partial charge in [0.1, 0.15) is 5.75 Å². The molecule has 1 N–H and O–H groups in total. The molecule has 0 radical (unpaired) electrons. The number of carbonyl (C=O) groups excluding carboxylic acids is 1. The Kier molecular flexibility index (Phi) is 5.28. The van der Waals surface area contributed by atoms with E-state index in [1.165, 1.54) is 0 Å². The fraction of sp³-hybridized carbons (Fsp3) is 0.200. The van der Waals surface area contributed by atoms with E-state index in [-0.39, 0.29) is 5.91 Å². The molecule has 1 amide bonds. The molecule has 6 heteroatoms. The van der Waals surface area contributed by atoms with Gasteiger partial charge in [-0.3, -0.25) is 9.48 Å². The zero-order valence-corrected chi connectivity index (χ0v) is 15.7. The van der Waals surface area contributed by atoms with Crippen molar-refractivity contribution in [3.8, 4) is 5.75 Å². The minimum absolute atomic E-state index is 0.223. The van der Waals surface area contributed by atoms with E-state index in [2.05, 4.69) is 10.4 Å². The Balaban J connectivity index is 1.84. The number of methoxy groups -OCH3 is 1. The Labute approximate surface area is 157 Å². The van der Waals surface area contributed by atoms with E-state index in [0.717, 1.165) is 22.6 Å². The second-order valence-electron chi connectivity index (χ2n) is 5.98.